The lowest BCUT2D eigenvalue weighted by atomic mass is 10.0. The molecular formula is C25H24N2O3S. The van der Waals surface area contributed by atoms with Gasteiger partial charge in [0.2, 0.25) is 0 Å². The molecule has 0 N–H and O–H groups in total. The summed E-state index contributed by atoms with van der Waals surface area (Å²) in [5.74, 6) is 0.944. The van der Waals surface area contributed by atoms with Gasteiger partial charge in [-0.25, -0.2) is 4.98 Å². The van der Waals surface area contributed by atoms with Gasteiger partial charge in [0.05, 0.1) is 18.4 Å². The highest BCUT2D eigenvalue weighted by Crippen LogP contribution is 2.31. The molecule has 0 radical (unpaired) electrons. The largest absolute Gasteiger partial charge is 0.493 e. The number of hydrogen-bond acceptors (Lipinski definition) is 6. The van der Waals surface area contributed by atoms with E-state index in [9.17, 15) is 10.1 Å². The topological polar surface area (TPSA) is 72.2 Å². The van der Waals surface area contributed by atoms with Gasteiger partial charge in [-0.1, -0.05) is 44.2 Å². The number of ether oxygens (including phenoxy) is 2. The SMILES string of the molecule is COc1cc(/C=C(/C#N)c2nc(-c3ccc(CC(C)C)cc3)cs2)ccc1OC(C)=O. The minimum atomic E-state index is -0.424. The molecule has 0 fully saturated rings. The fourth-order valence-corrected chi connectivity index (χ4v) is 3.93. The Morgan fingerprint density at radius 3 is 2.55 bits per heavy atom. The van der Waals surface area contributed by atoms with Crippen molar-refractivity contribution in [2.75, 3.05) is 7.11 Å². The summed E-state index contributed by atoms with van der Waals surface area (Å²) in [5, 5.41) is 12.3. The first-order chi connectivity index (χ1) is 14.9. The minimum Gasteiger partial charge on any atom is -0.493 e. The Labute approximate surface area is 186 Å². The summed E-state index contributed by atoms with van der Waals surface area (Å²) in [7, 11) is 1.50. The number of esters is 1. The first kappa shape index (κ1) is 22.3. The number of nitriles is 1. The zero-order chi connectivity index (χ0) is 22.4. The van der Waals surface area contributed by atoms with E-state index in [0.29, 0.717) is 28.0 Å². The van der Waals surface area contributed by atoms with Gasteiger partial charge in [0.15, 0.2) is 11.5 Å². The van der Waals surface area contributed by atoms with Crippen molar-refractivity contribution in [2.45, 2.75) is 27.2 Å². The summed E-state index contributed by atoms with van der Waals surface area (Å²) < 4.78 is 10.4. The average Bonchev–Trinajstić information content (AvgIpc) is 3.22. The number of rotatable bonds is 7. The molecule has 1 aromatic heterocycles. The van der Waals surface area contributed by atoms with Crippen LogP contribution < -0.4 is 9.47 Å². The van der Waals surface area contributed by atoms with Crippen LogP contribution in [0.25, 0.3) is 22.9 Å². The molecule has 0 bridgehead atoms. The van der Waals surface area contributed by atoms with Crippen LogP contribution in [0.15, 0.2) is 47.8 Å². The summed E-state index contributed by atoms with van der Waals surface area (Å²) in [6, 6.07) is 15.8. The highest BCUT2D eigenvalue weighted by molar-refractivity contribution is 7.11. The van der Waals surface area contributed by atoms with Crippen molar-refractivity contribution in [3.63, 3.8) is 0 Å². The van der Waals surface area contributed by atoms with E-state index in [0.717, 1.165) is 23.2 Å². The van der Waals surface area contributed by atoms with Crippen LogP contribution in [0.4, 0.5) is 0 Å². The fourth-order valence-electron chi connectivity index (χ4n) is 3.13. The van der Waals surface area contributed by atoms with Crippen molar-refractivity contribution in [3.05, 3.63) is 64.0 Å². The molecule has 31 heavy (non-hydrogen) atoms. The highest BCUT2D eigenvalue weighted by Gasteiger charge is 2.12. The first-order valence-corrected chi connectivity index (χ1v) is 10.8. The van der Waals surface area contributed by atoms with E-state index in [4.69, 9.17) is 9.47 Å². The van der Waals surface area contributed by atoms with Gasteiger partial charge >= 0.3 is 5.97 Å². The second-order valence-corrected chi connectivity index (χ2v) is 8.36. The smallest absolute Gasteiger partial charge is 0.308 e. The van der Waals surface area contributed by atoms with Gasteiger partial charge in [0.25, 0.3) is 0 Å². The molecule has 158 valence electrons. The number of aromatic nitrogens is 1. The molecule has 0 aliphatic carbocycles. The van der Waals surface area contributed by atoms with Gasteiger partial charge < -0.3 is 9.47 Å². The second kappa shape index (κ2) is 10.1. The van der Waals surface area contributed by atoms with Crippen molar-refractivity contribution in [1.29, 1.82) is 5.26 Å². The molecule has 0 unspecified atom stereocenters. The van der Waals surface area contributed by atoms with Gasteiger partial charge in [-0.3, -0.25) is 4.79 Å². The van der Waals surface area contributed by atoms with Gasteiger partial charge in [0.1, 0.15) is 11.1 Å². The van der Waals surface area contributed by atoms with Crippen LogP contribution in [0.1, 0.15) is 36.9 Å². The number of thiazole rings is 1. The van der Waals surface area contributed by atoms with E-state index in [1.54, 1.807) is 24.3 Å². The Kier molecular flexibility index (Phi) is 7.22. The Hall–Kier alpha value is -3.43. The van der Waals surface area contributed by atoms with Crippen LogP contribution >= 0.6 is 11.3 Å². The summed E-state index contributed by atoms with van der Waals surface area (Å²) in [6.45, 7) is 5.74. The van der Waals surface area contributed by atoms with Crippen molar-refractivity contribution in [2.24, 2.45) is 5.92 Å². The van der Waals surface area contributed by atoms with E-state index >= 15 is 0 Å². The second-order valence-electron chi connectivity index (χ2n) is 7.51. The highest BCUT2D eigenvalue weighted by atomic mass is 32.1. The lowest BCUT2D eigenvalue weighted by Crippen LogP contribution is -2.03. The fraction of sp³-hybridized carbons (Fsp3) is 0.240. The Bertz CT molecular complexity index is 1140. The van der Waals surface area contributed by atoms with E-state index < -0.39 is 5.97 Å². The third-order valence-electron chi connectivity index (χ3n) is 4.50. The molecule has 0 aliphatic rings. The normalized spacial score (nSPS) is 11.3. The number of nitrogens with zero attached hydrogens (tertiary/aromatic N) is 2. The Morgan fingerprint density at radius 1 is 1.19 bits per heavy atom. The predicted octanol–water partition coefficient (Wildman–Crippen LogP) is 6.01. The van der Waals surface area contributed by atoms with Crippen molar-refractivity contribution < 1.29 is 14.3 Å². The minimum absolute atomic E-state index is 0.336. The molecule has 1 heterocycles. The lowest BCUT2D eigenvalue weighted by molar-refractivity contribution is -0.132. The molecule has 0 saturated carbocycles. The summed E-state index contributed by atoms with van der Waals surface area (Å²) in [5.41, 5.74) is 4.38. The zero-order valence-corrected chi connectivity index (χ0v) is 18.8. The number of hydrogen-bond donors (Lipinski definition) is 0. The molecule has 0 atom stereocenters. The molecule has 0 saturated heterocycles. The number of carbonyl (C=O) groups is 1. The third-order valence-corrected chi connectivity index (χ3v) is 5.38. The van der Waals surface area contributed by atoms with E-state index in [1.807, 2.05) is 5.38 Å². The van der Waals surface area contributed by atoms with Crippen LogP contribution in [-0.2, 0) is 11.2 Å². The van der Waals surface area contributed by atoms with Gasteiger partial charge in [-0.2, -0.15) is 5.26 Å². The van der Waals surface area contributed by atoms with E-state index in [-0.39, 0.29) is 0 Å². The quantitative estimate of drug-likeness (QED) is 0.260. The van der Waals surface area contributed by atoms with Crippen molar-refractivity contribution in [3.8, 4) is 28.8 Å². The maximum Gasteiger partial charge on any atom is 0.308 e. The van der Waals surface area contributed by atoms with Crippen LogP contribution in [-0.4, -0.2) is 18.1 Å². The third kappa shape index (κ3) is 5.80. The molecule has 0 spiro atoms. The molecule has 6 heteroatoms. The van der Waals surface area contributed by atoms with E-state index in [2.05, 4.69) is 49.2 Å². The zero-order valence-electron chi connectivity index (χ0n) is 18.0. The molecule has 3 rings (SSSR count). The molecule has 0 amide bonds. The number of benzene rings is 2. The van der Waals surface area contributed by atoms with E-state index in [1.165, 1.54) is 30.9 Å². The van der Waals surface area contributed by atoms with Crippen LogP contribution in [0.3, 0.4) is 0 Å². The molecule has 0 aliphatic heterocycles. The van der Waals surface area contributed by atoms with Gasteiger partial charge in [-0.15, -0.1) is 11.3 Å². The number of methoxy groups -OCH3 is 1. The molecule has 3 aromatic rings. The lowest BCUT2D eigenvalue weighted by Gasteiger charge is -2.08. The molecule has 5 nitrogen and oxygen atoms in total. The van der Waals surface area contributed by atoms with Crippen LogP contribution in [0.5, 0.6) is 11.5 Å². The average molecular weight is 433 g/mol. The Balaban J connectivity index is 1.85. The van der Waals surface area contributed by atoms with Crippen molar-refractivity contribution in [1.82, 2.24) is 4.98 Å². The summed E-state index contributed by atoms with van der Waals surface area (Å²) in [6.07, 6.45) is 2.79. The van der Waals surface area contributed by atoms with Crippen LogP contribution in [0, 0.1) is 17.2 Å². The maximum atomic E-state index is 11.2. The molecule has 2 aromatic carbocycles. The van der Waals surface area contributed by atoms with Gasteiger partial charge in [-0.05, 0) is 41.7 Å². The standard InChI is InChI=1S/C25H24N2O3S/c1-16(2)11-18-5-8-20(9-6-18)22-15-31-25(27-22)21(14-26)12-19-7-10-23(30-17(3)28)24(13-19)29-4/h5-10,12-13,15-16H,11H2,1-4H3/b21-12-. The Morgan fingerprint density at radius 2 is 1.94 bits per heavy atom. The van der Waals surface area contributed by atoms with Crippen molar-refractivity contribution >= 4 is 29.0 Å². The van der Waals surface area contributed by atoms with Crippen LogP contribution in [0.2, 0.25) is 0 Å². The first-order valence-electron chi connectivity index (χ1n) is 9.93. The monoisotopic (exact) mass is 432 g/mol. The summed E-state index contributed by atoms with van der Waals surface area (Å²) >= 11 is 1.43. The predicted molar refractivity (Wildman–Crippen MR) is 124 cm³/mol. The molecular weight excluding hydrogens is 408 g/mol. The number of allylic oxidation sites excluding steroid dienone is 1. The van der Waals surface area contributed by atoms with Gasteiger partial charge in [0, 0.05) is 17.9 Å². The number of carbonyl (C=O) groups excluding carboxylic acids is 1. The summed E-state index contributed by atoms with van der Waals surface area (Å²) in [4.78, 5) is 15.9. The maximum absolute atomic E-state index is 11.2.